The number of aromatic nitrogens is 3. The van der Waals surface area contributed by atoms with Crippen molar-refractivity contribution in [3.63, 3.8) is 0 Å². The maximum absolute atomic E-state index is 13.0. The zero-order valence-electron chi connectivity index (χ0n) is 19.1. The van der Waals surface area contributed by atoms with E-state index in [4.69, 9.17) is 0 Å². The molecule has 0 spiro atoms. The Morgan fingerprint density at radius 1 is 1.17 bits per heavy atom. The fourth-order valence-electron chi connectivity index (χ4n) is 4.60. The maximum Gasteiger partial charge on any atom is 0.433 e. The van der Waals surface area contributed by atoms with Gasteiger partial charge in [-0.05, 0) is 56.0 Å². The molecule has 0 amide bonds. The Morgan fingerprint density at radius 2 is 1.91 bits per heavy atom. The second-order valence-corrected chi connectivity index (χ2v) is 10.0. The molecule has 0 radical (unpaired) electrons. The van der Waals surface area contributed by atoms with Crippen LogP contribution in [0, 0.1) is 18.8 Å². The van der Waals surface area contributed by atoms with Crippen LogP contribution in [0.2, 0.25) is 0 Å². The SMILES string of the molecule is Cc1cc(Nc2nccc(C(F)(F)F)n2)cc(-c2cnc(C(C)(O)C3CCCCC3C(=O)O)s2)c1. The number of rotatable bonds is 6. The lowest BCUT2D eigenvalue weighted by atomic mass is 9.71. The highest BCUT2D eigenvalue weighted by molar-refractivity contribution is 7.15. The fraction of sp³-hybridized carbons (Fsp3) is 0.417. The smallest absolute Gasteiger partial charge is 0.433 e. The standard InChI is InChI=1S/C24H25F3N4O3S/c1-13-9-14(11-15(10-13)30-22-28-8-7-19(31-22)24(25,26)27)18-12-29-21(35-18)23(2,34)17-6-4-3-5-16(17)20(32)33/h7-12,16-17,34H,3-6H2,1-2H3,(H,32,33)(H,28,30,31). The van der Waals surface area contributed by atoms with Crippen molar-refractivity contribution in [3.8, 4) is 10.4 Å². The number of thiazole rings is 1. The molecule has 186 valence electrons. The number of carboxylic acid groups (broad SMARTS) is 1. The lowest BCUT2D eigenvalue weighted by Crippen LogP contribution is -2.41. The van der Waals surface area contributed by atoms with Crippen molar-refractivity contribution in [2.75, 3.05) is 5.32 Å². The molecule has 1 saturated carbocycles. The molecule has 3 N–H and O–H groups in total. The van der Waals surface area contributed by atoms with Gasteiger partial charge in [0.15, 0.2) is 0 Å². The largest absolute Gasteiger partial charge is 0.481 e. The molecule has 4 rings (SSSR count). The molecule has 35 heavy (non-hydrogen) atoms. The average molecular weight is 507 g/mol. The van der Waals surface area contributed by atoms with Crippen molar-refractivity contribution in [2.45, 2.75) is 51.3 Å². The van der Waals surface area contributed by atoms with Gasteiger partial charge < -0.3 is 15.5 Å². The molecule has 11 heteroatoms. The summed E-state index contributed by atoms with van der Waals surface area (Å²) in [4.78, 5) is 24.3. The van der Waals surface area contributed by atoms with Gasteiger partial charge in [-0.1, -0.05) is 18.9 Å². The van der Waals surface area contributed by atoms with Crippen molar-refractivity contribution in [2.24, 2.45) is 11.8 Å². The summed E-state index contributed by atoms with van der Waals surface area (Å²) in [6.07, 6.45) is 0.890. The molecule has 3 unspecified atom stereocenters. The van der Waals surface area contributed by atoms with Crippen LogP contribution in [-0.2, 0) is 16.6 Å². The highest BCUT2D eigenvalue weighted by Crippen LogP contribution is 2.45. The first-order valence-corrected chi connectivity index (χ1v) is 12.0. The lowest BCUT2D eigenvalue weighted by molar-refractivity contribution is -0.151. The van der Waals surface area contributed by atoms with E-state index < -0.39 is 35.3 Å². The van der Waals surface area contributed by atoms with E-state index in [1.54, 1.807) is 25.3 Å². The number of carboxylic acids is 1. The zero-order valence-corrected chi connectivity index (χ0v) is 20.0. The van der Waals surface area contributed by atoms with Gasteiger partial charge in [-0.25, -0.2) is 15.0 Å². The highest BCUT2D eigenvalue weighted by atomic mass is 32.1. The first kappa shape index (κ1) is 25.1. The number of nitrogens with one attached hydrogen (secondary N) is 1. The molecular weight excluding hydrogens is 481 g/mol. The normalized spacial score (nSPS) is 20.3. The summed E-state index contributed by atoms with van der Waals surface area (Å²) >= 11 is 1.27. The van der Waals surface area contributed by atoms with E-state index in [1.807, 2.05) is 13.0 Å². The number of hydrogen-bond acceptors (Lipinski definition) is 7. The summed E-state index contributed by atoms with van der Waals surface area (Å²) in [6, 6.07) is 6.19. The van der Waals surface area contributed by atoms with Gasteiger partial charge in [0.25, 0.3) is 0 Å². The summed E-state index contributed by atoms with van der Waals surface area (Å²) in [5.74, 6) is -2.16. The molecule has 1 aromatic carbocycles. The van der Waals surface area contributed by atoms with Gasteiger partial charge in [-0.2, -0.15) is 13.2 Å². The van der Waals surface area contributed by atoms with Crippen LogP contribution < -0.4 is 5.32 Å². The number of nitrogens with zero attached hydrogens (tertiary/aromatic N) is 3. The molecule has 2 aromatic heterocycles. The van der Waals surface area contributed by atoms with Crippen molar-refractivity contribution < 1.29 is 28.2 Å². The van der Waals surface area contributed by atoms with E-state index in [0.717, 1.165) is 41.1 Å². The van der Waals surface area contributed by atoms with E-state index in [2.05, 4.69) is 20.3 Å². The number of carbonyl (C=O) groups is 1. The molecular formula is C24H25F3N4O3S. The molecule has 0 saturated heterocycles. The van der Waals surface area contributed by atoms with E-state index in [1.165, 1.54) is 11.3 Å². The molecule has 3 atom stereocenters. The first-order chi connectivity index (χ1) is 16.4. The van der Waals surface area contributed by atoms with Gasteiger partial charge in [0, 0.05) is 24.0 Å². The van der Waals surface area contributed by atoms with Crippen LogP contribution in [0.5, 0.6) is 0 Å². The Hall–Kier alpha value is -3.05. The number of benzene rings is 1. The number of aliphatic hydroxyl groups is 1. The van der Waals surface area contributed by atoms with E-state index in [9.17, 15) is 28.2 Å². The minimum absolute atomic E-state index is 0.179. The van der Waals surface area contributed by atoms with Crippen molar-refractivity contribution in [3.05, 3.63) is 52.9 Å². The van der Waals surface area contributed by atoms with Crippen LogP contribution in [0.25, 0.3) is 10.4 Å². The van der Waals surface area contributed by atoms with Gasteiger partial charge in [0.05, 0.1) is 10.8 Å². The highest BCUT2D eigenvalue weighted by Gasteiger charge is 2.45. The zero-order chi connectivity index (χ0) is 25.4. The minimum atomic E-state index is -4.58. The van der Waals surface area contributed by atoms with Crippen LogP contribution in [-0.4, -0.2) is 31.1 Å². The molecule has 0 aliphatic heterocycles. The Bertz CT molecular complexity index is 1230. The van der Waals surface area contributed by atoms with E-state index >= 15 is 0 Å². The predicted molar refractivity (Wildman–Crippen MR) is 125 cm³/mol. The summed E-state index contributed by atoms with van der Waals surface area (Å²) in [5, 5.41) is 24.2. The number of hydrogen-bond donors (Lipinski definition) is 3. The summed E-state index contributed by atoms with van der Waals surface area (Å²) in [7, 11) is 0. The molecule has 1 aliphatic rings. The molecule has 3 aromatic rings. The molecule has 1 fully saturated rings. The number of halogens is 3. The third-order valence-electron chi connectivity index (χ3n) is 6.31. The molecule has 0 bridgehead atoms. The van der Waals surface area contributed by atoms with Crippen LogP contribution in [0.4, 0.5) is 24.8 Å². The maximum atomic E-state index is 13.0. The quantitative estimate of drug-likeness (QED) is 0.390. The first-order valence-electron chi connectivity index (χ1n) is 11.2. The van der Waals surface area contributed by atoms with Crippen LogP contribution in [0.1, 0.15) is 48.9 Å². The van der Waals surface area contributed by atoms with Crippen molar-refractivity contribution in [1.82, 2.24) is 15.0 Å². The predicted octanol–water partition coefficient (Wildman–Crippen LogP) is 5.77. The summed E-state index contributed by atoms with van der Waals surface area (Å²) < 4.78 is 38.9. The van der Waals surface area contributed by atoms with Crippen LogP contribution in [0.3, 0.4) is 0 Å². The average Bonchev–Trinajstić information content (AvgIpc) is 3.30. The van der Waals surface area contributed by atoms with Crippen molar-refractivity contribution in [1.29, 1.82) is 0 Å². The number of aryl methyl sites for hydroxylation is 1. The van der Waals surface area contributed by atoms with Crippen molar-refractivity contribution >= 4 is 28.9 Å². The van der Waals surface area contributed by atoms with Crippen LogP contribution >= 0.6 is 11.3 Å². The Morgan fingerprint density at radius 3 is 2.63 bits per heavy atom. The third kappa shape index (κ3) is 5.46. The van der Waals surface area contributed by atoms with Gasteiger partial charge in [-0.3, -0.25) is 4.79 Å². The summed E-state index contributed by atoms with van der Waals surface area (Å²) in [5.41, 5.74) is -0.350. The van der Waals surface area contributed by atoms with E-state index in [0.29, 0.717) is 23.5 Å². The third-order valence-corrected chi connectivity index (χ3v) is 7.58. The number of anilines is 2. The number of alkyl halides is 3. The summed E-state index contributed by atoms with van der Waals surface area (Å²) in [6.45, 7) is 3.47. The molecule has 7 nitrogen and oxygen atoms in total. The lowest BCUT2D eigenvalue weighted by Gasteiger charge is -2.38. The Labute approximate surface area is 204 Å². The van der Waals surface area contributed by atoms with Gasteiger partial charge in [0.1, 0.15) is 16.3 Å². The molecule has 2 heterocycles. The fourth-order valence-corrected chi connectivity index (χ4v) is 5.62. The second-order valence-electron chi connectivity index (χ2n) is 8.99. The van der Waals surface area contributed by atoms with E-state index in [-0.39, 0.29) is 5.95 Å². The number of aliphatic carboxylic acids is 1. The van der Waals surface area contributed by atoms with Crippen LogP contribution in [0.15, 0.2) is 36.7 Å². The van der Waals surface area contributed by atoms with Gasteiger partial charge in [-0.15, -0.1) is 11.3 Å². The monoisotopic (exact) mass is 506 g/mol. The topological polar surface area (TPSA) is 108 Å². The van der Waals surface area contributed by atoms with Gasteiger partial charge >= 0.3 is 12.1 Å². The Kier molecular flexibility index (Phi) is 6.83. The molecule has 1 aliphatic carbocycles. The van der Waals surface area contributed by atoms with Gasteiger partial charge in [0.2, 0.25) is 5.95 Å². The minimum Gasteiger partial charge on any atom is -0.481 e. The second kappa shape index (κ2) is 9.54. The Balaban J connectivity index is 1.61.